The first-order valence-corrected chi connectivity index (χ1v) is 8.31. The molecular formula is C18H26N2. The predicted molar refractivity (Wildman–Crippen MR) is 84.5 cm³/mol. The zero-order chi connectivity index (χ0) is 13.7. The number of rotatable bonds is 3. The molecule has 5 rings (SSSR count). The fourth-order valence-corrected chi connectivity index (χ4v) is 5.72. The highest BCUT2D eigenvalue weighted by Gasteiger charge is 2.49. The minimum atomic E-state index is 0.591. The molecule has 1 aromatic carbocycles. The highest BCUT2D eigenvalue weighted by atomic mass is 14.9. The van der Waals surface area contributed by atoms with Crippen LogP contribution in [0.1, 0.15) is 39.0 Å². The largest absolute Gasteiger partial charge is 0.399 e. The molecule has 4 aliphatic rings. The van der Waals surface area contributed by atoms with E-state index in [2.05, 4.69) is 24.4 Å². The SMILES string of the molecule is CC(Nc1ccc(N)cc1)C1C2CC3CC(C2)CC1C3. The van der Waals surface area contributed by atoms with Crippen LogP contribution in [0.4, 0.5) is 11.4 Å². The maximum Gasteiger partial charge on any atom is 0.0343 e. The Labute approximate surface area is 122 Å². The Morgan fingerprint density at radius 1 is 0.950 bits per heavy atom. The number of nitrogen functional groups attached to an aromatic ring is 1. The maximum atomic E-state index is 5.77. The van der Waals surface area contributed by atoms with Gasteiger partial charge in [-0.15, -0.1) is 0 Å². The molecule has 2 nitrogen and oxygen atoms in total. The highest BCUT2D eigenvalue weighted by molar-refractivity contribution is 5.51. The van der Waals surface area contributed by atoms with E-state index in [1.807, 2.05) is 12.1 Å². The van der Waals surface area contributed by atoms with Crippen molar-refractivity contribution in [2.45, 2.75) is 45.1 Å². The van der Waals surface area contributed by atoms with Gasteiger partial charge in [0.05, 0.1) is 0 Å². The average Bonchev–Trinajstić information content (AvgIpc) is 2.40. The van der Waals surface area contributed by atoms with E-state index >= 15 is 0 Å². The van der Waals surface area contributed by atoms with Crippen LogP contribution in [0, 0.1) is 29.6 Å². The Morgan fingerprint density at radius 3 is 2.05 bits per heavy atom. The highest BCUT2D eigenvalue weighted by Crippen LogP contribution is 2.57. The summed E-state index contributed by atoms with van der Waals surface area (Å²) in [5.41, 5.74) is 7.84. The average molecular weight is 270 g/mol. The van der Waals surface area contributed by atoms with Gasteiger partial charge in [-0.3, -0.25) is 0 Å². The van der Waals surface area contributed by atoms with Gasteiger partial charge < -0.3 is 11.1 Å². The third-order valence-corrected chi connectivity index (χ3v) is 6.18. The van der Waals surface area contributed by atoms with Crippen molar-refractivity contribution in [2.75, 3.05) is 11.1 Å². The Balaban J connectivity index is 1.48. The fourth-order valence-electron chi connectivity index (χ4n) is 5.72. The number of nitrogens with one attached hydrogen (secondary N) is 1. The first kappa shape index (κ1) is 12.6. The van der Waals surface area contributed by atoms with Gasteiger partial charge in [0.2, 0.25) is 0 Å². The van der Waals surface area contributed by atoms with Crippen LogP contribution in [-0.4, -0.2) is 6.04 Å². The molecular weight excluding hydrogens is 244 g/mol. The summed E-state index contributed by atoms with van der Waals surface area (Å²) < 4.78 is 0. The Hall–Kier alpha value is -1.18. The lowest BCUT2D eigenvalue weighted by Gasteiger charge is -2.56. The van der Waals surface area contributed by atoms with E-state index < -0.39 is 0 Å². The number of hydrogen-bond acceptors (Lipinski definition) is 2. The molecule has 2 heteroatoms. The molecule has 0 aliphatic heterocycles. The van der Waals surface area contributed by atoms with Gasteiger partial charge >= 0.3 is 0 Å². The van der Waals surface area contributed by atoms with E-state index in [0.29, 0.717) is 6.04 Å². The summed E-state index contributed by atoms with van der Waals surface area (Å²) in [4.78, 5) is 0. The minimum Gasteiger partial charge on any atom is -0.399 e. The lowest BCUT2D eigenvalue weighted by atomic mass is 9.50. The van der Waals surface area contributed by atoms with Crippen molar-refractivity contribution < 1.29 is 0 Å². The second-order valence-electron chi connectivity index (χ2n) is 7.56. The van der Waals surface area contributed by atoms with Gasteiger partial charge in [0, 0.05) is 17.4 Å². The first-order valence-electron chi connectivity index (χ1n) is 8.31. The summed E-state index contributed by atoms with van der Waals surface area (Å²) in [7, 11) is 0. The van der Waals surface area contributed by atoms with Crippen molar-refractivity contribution in [3.05, 3.63) is 24.3 Å². The topological polar surface area (TPSA) is 38.0 Å². The molecule has 1 aromatic rings. The van der Waals surface area contributed by atoms with Gasteiger partial charge in [-0.05, 0) is 92.9 Å². The molecule has 1 unspecified atom stereocenters. The second-order valence-corrected chi connectivity index (χ2v) is 7.56. The summed E-state index contributed by atoms with van der Waals surface area (Å²) in [5, 5.41) is 3.74. The number of hydrogen-bond donors (Lipinski definition) is 2. The molecule has 1 atom stereocenters. The van der Waals surface area contributed by atoms with Crippen LogP contribution in [-0.2, 0) is 0 Å². The Kier molecular flexibility index (Phi) is 2.94. The summed E-state index contributed by atoms with van der Waals surface area (Å²) in [6.45, 7) is 2.39. The molecule has 4 bridgehead atoms. The van der Waals surface area contributed by atoms with Gasteiger partial charge in [0.25, 0.3) is 0 Å². The molecule has 0 radical (unpaired) electrons. The lowest BCUT2D eigenvalue weighted by molar-refractivity contribution is -0.0417. The second kappa shape index (κ2) is 4.68. The van der Waals surface area contributed by atoms with Crippen LogP contribution >= 0.6 is 0 Å². The molecule has 4 saturated carbocycles. The van der Waals surface area contributed by atoms with Crippen molar-refractivity contribution in [1.82, 2.24) is 0 Å². The van der Waals surface area contributed by atoms with Gasteiger partial charge in [-0.1, -0.05) is 0 Å². The summed E-state index contributed by atoms with van der Waals surface area (Å²) in [5.74, 6) is 5.00. The molecule has 0 saturated heterocycles. The predicted octanol–water partition coefficient (Wildman–Crippen LogP) is 4.14. The van der Waals surface area contributed by atoms with Crippen molar-refractivity contribution in [3.63, 3.8) is 0 Å². The van der Waals surface area contributed by atoms with E-state index in [1.165, 1.54) is 31.4 Å². The monoisotopic (exact) mass is 270 g/mol. The number of anilines is 2. The molecule has 0 spiro atoms. The van der Waals surface area contributed by atoms with Gasteiger partial charge in [0.15, 0.2) is 0 Å². The maximum absolute atomic E-state index is 5.77. The van der Waals surface area contributed by atoms with E-state index in [9.17, 15) is 0 Å². The van der Waals surface area contributed by atoms with Gasteiger partial charge in [-0.2, -0.15) is 0 Å². The van der Waals surface area contributed by atoms with E-state index in [0.717, 1.165) is 35.3 Å². The van der Waals surface area contributed by atoms with Crippen LogP contribution in [0.25, 0.3) is 0 Å². The zero-order valence-electron chi connectivity index (χ0n) is 12.4. The molecule has 3 N–H and O–H groups in total. The fraction of sp³-hybridized carbons (Fsp3) is 0.667. The molecule has 0 aromatic heterocycles. The van der Waals surface area contributed by atoms with Crippen LogP contribution in [0.3, 0.4) is 0 Å². The Morgan fingerprint density at radius 2 is 1.50 bits per heavy atom. The third kappa shape index (κ3) is 2.10. The van der Waals surface area contributed by atoms with Crippen LogP contribution < -0.4 is 11.1 Å². The molecule has 20 heavy (non-hydrogen) atoms. The molecule has 4 aliphatic carbocycles. The summed E-state index contributed by atoms with van der Waals surface area (Å²) >= 11 is 0. The van der Waals surface area contributed by atoms with Crippen LogP contribution in [0.2, 0.25) is 0 Å². The Bertz CT molecular complexity index is 451. The van der Waals surface area contributed by atoms with Crippen LogP contribution in [0.15, 0.2) is 24.3 Å². The third-order valence-electron chi connectivity index (χ3n) is 6.18. The molecule has 0 amide bonds. The van der Waals surface area contributed by atoms with E-state index in [1.54, 1.807) is 6.42 Å². The van der Waals surface area contributed by atoms with Crippen molar-refractivity contribution in [2.24, 2.45) is 29.6 Å². The quantitative estimate of drug-likeness (QED) is 0.810. The van der Waals surface area contributed by atoms with Crippen molar-refractivity contribution in [1.29, 1.82) is 0 Å². The molecule has 0 heterocycles. The number of nitrogens with two attached hydrogens (primary N) is 1. The smallest absolute Gasteiger partial charge is 0.0343 e. The molecule has 108 valence electrons. The summed E-state index contributed by atoms with van der Waals surface area (Å²) in [6, 6.07) is 8.80. The van der Waals surface area contributed by atoms with Crippen molar-refractivity contribution in [3.8, 4) is 0 Å². The van der Waals surface area contributed by atoms with E-state index in [-0.39, 0.29) is 0 Å². The van der Waals surface area contributed by atoms with Crippen LogP contribution in [0.5, 0.6) is 0 Å². The summed E-state index contributed by atoms with van der Waals surface area (Å²) in [6.07, 6.45) is 7.56. The number of benzene rings is 1. The van der Waals surface area contributed by atoms with Gasteiger partial charge in [-0.25, -0.2) is 0 Å². The first-order chi connectivity index (χ1) is 9.69. The van der Waals surface area contributed by atoms with Crippen molar-refractivity contribution >= 4 is 11.4 Å². The van der Waals surface area contributed by atoms with Gasteiger partial charge in [0.1, 0.15) is 0 Å². The van der Waals surface area contributed by atoms with E-state index in [4.69, 9.17) is 5.73 Å². The minimum absolute atomic E-state index is 0.591. The lowest BCUT2D eigenvalue weighted by Crippen LogP contribution is -2.50. The standard InChI is InChI=1S/C18H26N2/c1-11(20-17-4-2-16(19)3-5-17)18-14-7-12-6-13(9-14)10-15(18)8-12/h2-5,11-15,18,20H,6-10,19H2,1H3. The zero-order valence-corrected chi connectivity index (χ0v) is 12.4. The molecule has 4 fully saturated rings. The normalized spacial score (nSPS) is 39.8.